The van der Waals surface area contributed by atoms with Crippen molar-refractivity contribution in [1.29, 1.82) is 0 Å². The van der Waals surface area contributed by atoms with Crippen LogP contribution in [0.15, 0.2) is 18.2 Å². The van der Waals surface area contributed by atoms with Crippen molar-refractivity contribution in [1.82, 2.24) is 5.32 Å². The van der Waals surface area contributed by atoms with Gasteiger partial charge in [0.25, 0.3) is 11.6 Å². The van der Waals surface area contributed by atoms with Crippen molar-refractivity contribution in [3.63, 3.8) is 0 Å². The van der Waals surface area contributed by atoms with Gasteiger partial charge in [-0.3, -0.25) is 14.9 Å². The third kappa shape index (κ3) is 2.87. The van der Waals surface area contributed by atoms with E-state index in [1.807, 2.05) is 0 Å². The van der Waals surface area contributed by atoms with E-state index in [4.69, 9.17) is 16.3 Å². The highest BCUT2D eigenvalue weighted by molar-refractivity contribution is 6.35. The van der Waals surface area contributed by atoms with Crippen LogP contribution in [0.25, 0.3) is 0 Å². The number of ether oxygens (including phenoxy) is 1. The fraction of sp³-hybridized carbons (Fsp3) is 0.500. The lowest BCUT2D eigenvalue weighted by Crippen LogP contribution is -2.41. The number of halogens is 1. The van der Waals surface area contributed by atoms with E-state index in [9.17, 15) is 14.9 Å². The topological polar surface area (TPSA) is 81.5 Å². The van der Waals surface area contributed by atoms with Crippen molar-refractivity contribution < 1.29 is 14.5 Å². The van der Waals surface area contributed by atoms with Crippen molar-refractivity contribution in [2.75, 3.05) is 6.61 Å². The Morgan fingerprint density at radius 2 is 2.14 bits per heavy atom. The number of hydrogen-bond donors (Lipinski definition) is 1. The normalized spacial score (nSPS) is 24.8. The largest absolute Gasteiger partial charge is 0.376 e. The minimum absolute atomic E-state index is 0.0414. The van der Waals surface area contributed by atoms with E-state index in [0.29, 0.717) is 12.5 Å². The van der Waals surface area contributed by atoms with Gasteiger partial charge in [0.1, 0.15) is 5.02 Å². The lowest BCUT2D eigenvalue weighted by atomic mass is 10.1. The summed E-state index contributed by atoms with van der Waals surface area (Å²) in [5.74, 6) is 0.142. The lowest BCUT2D eigenvalue weighted by Gasteiger charge is -2.19. The van der Waals surface area contributed by atoms with E-state index >= 15 is 0 Å². The lowest BCUT2D eigenvalue weighted by molar-refractivity contribution is -0.384. The number of hydrogen-bond acceptors (Lipinski definition) is 4. The van der Waals surface area contributed by atoms with Crippen molar-refractivity contribution >= 4 is 23.2 Å². The maximum Gasteiger partial charge on any atom is 0.288 e. The molecule has 1 saturated carbocycles. The summed E-state index contributed by atoms with van der Waals surface area (Å²) in [6.45, 7) is 0.634. The molecule has 7 heteroatoms. The molecule has 0 radical (unpaired) electrons. The molecular formula is C14H15ClN2O4. The van der Waals surface area contributed by atoms with Gasteiger partial charge >= 0.3 is 0 Å². The zero-order chi connectivity index (χ0) is 15.0. The predicted octanol–water partition coefficient (Wildman–Crippen LogP) is 2.55. The van der Waals surface area contributed by atoms with Crippen molar-refractivity contribution in [2.45, 2.75) is 31.4 Å². The third-order valence-corrected chi connectivity index (χ3v) is 4.36. The average Bonchev–Trinajstić information content (AvgIpc) is 3.19. The van der Waals surface area contributed by atoms with Crippen LogP contribution in [0.4, 0.5) is 5.69 Å². The number of amides is 1. The maximum atomic E-state index is 12.3. The predicted molar refractivity (Wildman–Crippen MR) is 76.4 cm³/mol. The molecule has 112 valence electrons. The smallest absolute Gasteiger partial charge is 0.288 e. The molecule has 1 saturated heterocycles. The van der Waals surface area contributed by atoms with Crippen LogP contribution >= 0.6 is 11.6 Å². The van der Waals surface area contributed by atoms with Gasteiger partial charge in [0, 0.05) is 12.7 Å². The van der Waals surface area contributed by atoms with Crippen molar-refractivity contribution in [3.8, 4) is 0 Å². The molecule has 1 aliphatic heterocycles. The Morgan fingerprint density at radius 1 is 1.38 bits per heavy atom. The number of benzene rings is 1. The fourth-order valence-electron chi connectivity index (χ4n) is 2.74. The Hall–Kier alpha value is -1.66. The molecule has 2 atom stereocenters. The van der Waals surface area contributed by atoms with Crippen molar-refractivity contribution in [3.05, 3.63) is 38.9 Å². The van der Waals surface area contributed by atoms with E-state index < -0.39 is 4.92 Å². The van der Waals surface area contributed by atoms with Gasteiger partial charge in [-0.1, -0.05) is 17.7 Å². The second-order valence-electron chi connectivity index (χ2n) is 5.44. The van der Waals surface area contributed by atoms with E-state index in [2.05, 4.69) is 5.32 Å². The van der Waals surface area contributed by atoms with E-state index in [0.717, 1.165) is 19.3 Å². The first kappa shape index (κ1) is 14.3. The monoisotopic (exact) mass is 310 g/mol. The zero-order valence-electron chi connectivity index (χ0n) is 11.3. The van der Waals surface area contributed by atoms with Gasteiger partial charge < -0.3 is 10.1 Å². The van der Waals surface area contributed by atoms with Crippen LogP contribution in [0, 0.1) is 16.0 Å². The highest BCUT2D eigenvalue weighted by atomic mass is 35.5. The Morgan fingerprint density at radius 3 is 2.81 bits per heavy atom. The number of nitro groups is 1. The van der Waals surface area contributed by atoms with Gasteiger partial charge in [-0.25, -0.2) is 0 Å². The minimum Gasteiger partial charge on any atom is -0.376 e. The Kier molecular flexibility index (Phi) is 3.82. The Bertz CT molecular complexity index is 588. The standard InChI is InChI=1S/C14H15ClN2O4/c15-12-9(2-1-3-11(12)17(19)20)14(18)16-10-6-7-21-13(10)8-4-5-8/h1-3,8,10,13H,4-7H2,(H,16,18). The molecule has 0 aromatic heterocycles. The van der Waals surface area contributed by atoms with Gasteiger partial charge in [-0.05, 0) is 31.2 Å². The van der Waals surface area contributed by atoms with Crippen LogP contribution < -0.4 is 5.32 Å². The van der Waals surface area contributed by atoms with Crippen LogP contribution in [0.2, 0.25) is 5.02 Å². The Labute approximate surface area is 126 Å². The number of rotatable bonds is 4. The molecule has 6 nitrogen and oxygen atoms in total. The van der Waals surface area contributed by atoms with Gasteiger partial charge in [0.05, 0.1) is 22.6 Å². The summed E-state index contributed by atoms with van der Waals surface area (Å²) in [6, 6.07) is 4.19. The second-order valence-corrected chi connectivity index (χ2v) is 5.82. The summed E-state index contributed by atoms with van der Waals surface area (Å²) < 4.78 is 5.66. The molecule has 1 aromatic carbocycles. The first-order valence-electron chi connectivity index (χ1n) is 6.93. The summed E-state index contributed by atoms with van der Waals surface area (Å²) in [6.07, 6.45) is 3.09. The Balaban J connectivity index is 1.76. The summed E-state index contributed by atoms with van der Waals surface area (Å²) in [7, 11) is 0. The molecule has 0 spiro atoms. The summed E-state index contributed by atoms with van der Waals surface area (Å²) >= 11 is 5.96. The zero-order valence-corrected chi connectivity index (χ0v) is 12.0. The molecule has 0 bridgehead atoms. The number of nitrogens with zero attached hydrogens (tertiary/aromatic N) is 1. The molecular weight excluding hydrogens is 296 g/mol. The molecule has 2 aliphatic rings. The van der Waals surface area contributed by atoms with E-state index in [-0.39, 0.29) is 34.3 Å². The van der Waals surface area contributed by atoms with E-state index in [1.165, 1.54) is 18.2 Å². The molecule has 2 fully saturated rings. The summed E-state index contributed by atoms with van der Waals surface area (Å²) in [5, 5.41) is 13.6. The van der Waals surface area contributed by atoms with Gasteiger partial charge in [0.15, 0.2) is 0 Å². The van der Waals surface area contributed by atoms with Crippen LogP contribution in [0.5, 0.6) is 0 Å². The molecule has 1 amide bonds. The third-order valence-electron chi connectivity index (χ3n) is 3.96. The fourth-order valence-corrected chi connectivity index (χ4v) is 3.02. The van der Waals surface area contributed by atoms with Crippen LogP contribution in [-0.4, -0.2) is 29.6 Å². The van der Waals surface area contributed by atoms with Gasteiger partial charge in [-0.15, -0.1) is 0 Å². The molecule has 1 aromatic rings. The first-order chi connectivity index (χ1) is 10.1. The van der Waals surface area contributed by atoms with Crippen LogP contribution in [0.3, 0.4) is 0 Å². The highest BCUT2D eigenvalue weighted by Gasteiger charge is 2.41. The molecule has 2 unspecified atom stereocenters. The molecule has 21 heavy (non-hydrogen) atoms. The first-order valence-corrected chi connectivity index (χ1v) is 7.31. The number of carbonyl (C=O) groups is 1. The number of nitrogens with one attached hydrogen (secondary N) is 1. The maximum absolute atomic E-state index is 12.3. The average molecular weight is 311 g/mol. The molecule has 1 aliphatic carbocycles. The second kappa shape index (κ2) is 5.61. The van der Waals surface area contributed by atoms with Crippen molar-refractivity contribution in [2.24, 2.45) is 5.92 Å². The SMILES string of the molecule is O=C(NC1CCOC1C1CC1)c1cccc([N+](=O)[O-])c1Cl. The number of nitro benzene ring substituents is 1. The van der Waals surface area contributed by atoms with Gasteiger partial charge in [0.2, 0.25) is 0 Å². The van der Waals surface area contributed by atoms with E-state index in [1.54, 1.807) is 0 Å². The quantitative estimate of drug-likeness (QED) is 0.684. The summed E-state index contributed by atoms with van der Waals surface area (Å²) in [4.78, 5) is 22.6. The highest BCUT2D eigenvalue weighted by Crippen LogP contribution is 2.39. The summed E-state index contributed by atoms with van der Waals surface area (Å²) in [5.41, 5.74) is -0.127. The molecule has 3 rings (SSSR count). The van der Waals surface area contributed by atoms with Gasteiger partial charge in [-0.2, -0.15) is 0 Å². The van der Waals surface area contributed by atoms with Crippen LogP contribution in [-0.2, 0) is 4.74 Å². The minimum atomic E-state index is -0.592. The molecule has 1 heterocycles. The van der Waals surface area contributed by atoms with Crippen LogP contribution in [0.1, 0.15) is 29.6 Å². The number of carbonyl (C=O) groups excluding carboxylic acids is 1. The molecule has 1 N–H and O–H groups in total.